The van der Waals surface area contributed by atoms with Gasteiger partial charge in [0, 0.05) is 17.8 Å². The van der Waals surface area contributed by atoms with Crippen LogP contribution in [0.1, 0.15) is 31.2 Å². The monoisotopic (exact) mass is 407 g/mol. The molecule has 1 aliphatic rings. The molecule has 19 heavy (non-hydrogen) atoms. The second-order valence-electron chi connectivity index (χ2n) is 5.11. The molecule has 0 unspecified atom stereocenters. The van der Waals surface area contributed by atoms with Crippen molar-refractivity contribution in [2.45, 2.75) is 37.0 Å². The topological polar surface area (TPSA) is 32.3 Å². The third-order valence-corrected chi connectivity index (χ3v) is 6.43. The van der Waals surface area contributed by atoms with Crippen LogP contribution in [0.5, 0.6) is 5.75 Å². The second kappa shape index (κ2) is 6.83. The van der Waals surface area contributed by atoms with Gasteiger partial charge in [-0.05, 0) is 68.7 Å². The van der Waals surface area contributed by atoms with Crippen molar-refractivity contribution in [1.29, 1.82) is 0 Å². The maximum Gasteiger partial charge on any atom is 0.143 e. The maximum atomic E-state index is 9.69. The molecule has 1 fully saturated rings. The fraction of sp³-hybridized carbons (Fsp3) is 0.571. The average Bonchev–Trinajstić information content (AvgIpc) is 2.85. The van der Waals surface area contributed by atoms with Crippen molar-refractivity contribution in [2.75, 3.05) is 12.8 Å². The van der Waals surface area contributed by atoms with Crippen LogP contribution < -0.4 is 5.32 Å². The Balaban J connectivity index is 1.92. The number of halogens is 2. The minimum absolute atomic E-state index is 0.264. The lowest BCUT2D eigenvalue weighted by atomic mass is 10.1. The summed E-state index contributed by atoms with van der Waals surface area (Å²) in [6, 6.07) is 3.93. The van der Waals surface area contributed by atoms with Gasteiger partial charge in [0.15, 0.2) is 0 Å². The lowest BCUT2D eigenvalue weighted by Gasteiger charge is -2.27. The molecule has 1 aliphatic carbocycles. The van der Waals surface area contributed by atoms with Gasteiger partial charge in [0.2, 0.25) is 0 Å². The molecule has 5 heteroatoms. The van der Waals surface area contributed by atoms with Crippen LogP contribution in [0.2, 0.25) is 0 Å². The van der Waals surface area contributed by atoms with Gasteiger partial charge in [0.1, 0.15) is 5.75 Å². The Morgan fingerprint density at radius 1 is 1.26 bits per heavy atom. The molecule has 0 radical (unpaired) electrons. The zero-order valence-electron chi connectivity index (χ0n) is 11.0. The SMILES string of the molecule is CSC1(CNCc2cc(Br)c(O)c(Br)c2)CCCC1. The Morgan fingerprint density at radius 3 is 2.37 bits per heavy atom. The van der Waals surface area contributed by atoms with E-state index < -0.39 is 0 Å². The number of nitrogens with one attached hydrogen (secondary N) is 1. The summed E-state index contributed by atoms with van der Waals surface area (Å²) in [5, 5.41) is 13.3. The van der Waals surface area contributed by atoms with Crippen molar-refractivity contribution >= 4 is 43.6 Å². The highest BCUT2D eigenvalue weighted by Crippen LogP contribution is 2.39. The highest BCUT2D eigenvalue weighted by molar-refractivity contribution is 9.11. The Bertz CT molecular complexity index is 424. The Kier molecular flexibility index (Phi) is 5.64. The van der Waals surface area contributed by atoms with Gasteiger partial charge in [-0.15, -0.1) is 0 Å². The molecule has 0 heterocycles. The van der Waals surface area contributed by atoms with Gasteiger partial charge < -0.3 is 10.4 Å². The van der Waals surface area contributed by atoms with Crippen LogP contribution in [-0.4, -0.2) is 22.7 Å². The van der Waals surface area contributed by atoms with E-state index in [0.29, 0.717) is 4.75 Å². The summed E-state index contributed by atoms with van der Waals surface area (Å²) < 4.78 is 1.91. The van der Waals surface area contributed by atoms with E-state index in [9.17, 15) is 5.11 Å². The van der Waals surface area contributed by atoms with Gasteiger partial charge >= 0.3 is 0 Å². The summed E-state index contributed by atoms with van der Waals surface area (Å²) >= 11 is 8.74. The molecule has 2 nitrogen and oxygen atoms in total. The third-order valence-electron chi connectivity index (χ3n) is 3.80. The van der Waals surface area contributed by atoms with Crippen LogP contribution in [-0.2, 0) is 6.54 Å². The quantitative estimate of drug-likeness (QED) is 0.741. The normalized spacial score (nSPS) is 17.8. The zero-order valence-corrected chi connectivity index (χ0v) is 15.0. The number of thioether (sulfide) groups is 1. The number of aromatic hydroxyl groups is 1. The van der Waals surface area contributed by atoms with Crippen LogP contribution in [0.25, 0.3) is 0 Å². The van der Waals surface area contributed by atoms with Crippen LogP contribution >= 0.6 is 43.6 Å². The molecule has 1 saturated carbocycles. The van der Waals surface area contributed by atoms with Crippen molar-refractivity contribution in [3.05, 3.63) is 26.6 Å². The third kappa shape index (κ3) is 3.90. The largest absolute Gasteiger partial charge is 0.506 e. The van der Waals surface area contributed by atoms with E-state index in [1.54, 1.807) is 0 Å². The van der Waals surface area contributed by atoms with Crippen molar-refractivity contribution in [3.8, 4) is 5.75 Å². The summed E-state index contributed by atoms with van der Waals surface area (Å²) in [4.78, 5) is 0. The van der Waals surface area contributed by atoms with Crippen molar-refractivity contribution in [1.82, 2.24) is 5.32 Å². The van der Waals surface area contributed by atoms with Gasteiger partial charge in [-0.25, -0.2) is 0 Å². The van der Waals surface area contributed by atoms with Crippen LogP contribution in [0.15, 0.2) is 21.1 Å². The molecule has 0 spiro atoms. The van der Waals surface area contributed by atoms with Crippen molar-refractivity contribution in [2.24, 2.45) is 0 Å². The standard InChI is InChI=1S/C14H19Br2NOS/c1-19-14(4-2-3-5-14)9-17-8-10-6-11(15)13(18)12(16)7-10/h6-7,17-18H,2-5,8-9H2,1H3. The Labute approximate surface area is 136 Å². The van der Waals surface area contributed by atoms with E-state index in [2.05, 4.69) is 43.4 Å². The molecule has 0 saturated heterocycles. The summed E-state index contributed by atoms with van der Waals surface area (Å²) in [6.45, 7) is 1.89. The minimum Gasteiger partial charge on any atom is -0.506 e. The fourth-order valence-electron chi connectivity index (χ4n) is 2.63. The highest BCUT2D eigenvalue weighted by atomic mass is 79.9. The molecular formula is C14H19Br2NOS. The highest BCUT2D eigenvalue weighted by Gasteiger charge is 2.32. The predicted octanol–water partition coefficient (Wildman–Crippen LogP) is 4.68. The van der Waals surface area contributed by atoms with E-state index in [4.69, 9.17) is 0 Å². The number of phenols is 1. The van der Waals surface area contributed by atoms with E-state index >= 15 is 0 Å². The van der Waals surface area contributed by atoms with Crippen molar-refractivity contribution in [3.63, 3.8) is 0 Å². The number of hydrogen-bond donors (Lipinski definition) is 2. The lowest BCUT2D eigenvalue weighted by molar-refractivity contribution is 0.467. The van der Waals surface area contributed by atoms with Gasteiger partial charge in [-0.2, -0.15) is 11.8 Å². The van der Waals surface area contributed by atoms with Crippen LogP contribution in [0.3, 0.4) is 0 Å². The molecular weight excluding hydrogens is 390 g/mol. The van der Waals surface area contributed by atoms with E-state index in [1.807, 2.05) is 23.9 Å². The smallest absolute Gasteiger partial charge is 0.143 e. The van der Waals surface area contributed by atoms with E-state index in [-0.39, 0.29) is 5.75 Å². The first-order valence-corrected chi connectivity index (χ1v) is 9.30. The number of rotatable bonds is 5. The number of phenolic OH excluding ortho intramolecular Hbond substituents is 1. The summed E-state index contributed by atoms with van der Waals surface area (Å²) in [6.07, 6.45) is 7.59. The molecule has 1 aromatic carbocycles. The minimum atomic E-state index is 0.264. The van der Waals surface area contributed by atoms with Crippen molar-refractivity contribution < 1.29 is 5.11 Å². The molecule has 0 aliphatic heterocycles. The maximum absolute atomic E-state index is 9.69. The lowest BCUT2D eigenvalue weighted by Crippen LogP contribution is -2.34. The number of hydrogen-bond acceptors (Lipinski definition) is 3. The molecule has 0 amide bonds. The first kappa shape index (κ1) is 15.7. The molecule has 1 aromatic rings. The molecule has 0 atom stereocenters. The summed E-state index contributed by atoms with van der Waals surface area (Å²) in [5.41, 5.74) is 1.17. The average molecular weight is 409 g/mol. The zero-order chi connectivity index (χ0) is 13.9. The van der Waals surface area contributed by atoms with Gasteiger partial charge in [0.25, 0.3) is 0 Å². The predicted molar refractivity (Wildman–Crippen MR) is 89.9 cm³/mol. The fourth-order valence-corrected chi connectivity index (χ4v) is 4.85. The summed E-state index contributed by atoms with van der Waals surface area (Å²) in [5.74, 6) is 0.264. The summed E-state index contributed by atoms with van der Waals surface area (Å²) in [7, 11) is 0. The Morgan fingerprint density at radius 2 is 1.84 bits per heavy atom. The van der Waals surface area contributed by atoms with E-state index in [1.165, 1.54) is 31.2 Å². The van der Waals surface area contributed by atoms with Crippen LogP contribution in [0, 0.1) is 0 Å². The first-order valence-electron chi connectivity index (χ1n) is 6.49. The Hall–Kier alpha value is 0.290. The van der Waals surface area contributed by atoms with Gasteiger partial charge in [-0.3, -0.25) is 0 Å². The first-order chi connectivity index (χ1) is 9.06. The van der Waals surface area contributed by atoms with Gasteiger partial charge in [-0.1, -0.05) is 12.8 Å². The molecule has 0 bridgehead atoms. The molecule has 0 aromatic heterocycles. The molecule has 2 rings (SSSR count). The second-order valence-corrected chi connectivity index (χ2v) is 8.09. The number of benzene rings is 1. The molecule has 2 N–H and O–H groups in total. The molecule has 106 valence electrons. The van der Waals surface area contributed by atoms with Gasteiger partial charge in [0.05, 0.1) is 8.95 Å². The van der Waals surface area contributed by atoms with Crippen LogP contribution in [0.4, 0.5) is 0 Å². The van der Waals surface area contributed by atoms with E-state index in [0.717, 1.165) is 22.0 Å².